The Labute approximate surface area is 109 Å². The third-order valence-corrected chi connectivity index (χ3v) is 3.15. The van der Waals surface area contributed by atoms with Crippen molar-refractivity contribution in [2.75, 3.05) is 13.1 Å². The Morgan fingerprint density at radius 3 is 2.67 bits per heavy atom. The molecular weight excluding hydrogens is 222 g/mol. The summed E-state index contributed by atoms with van der Waals surface area (Å²) in [6.45, 7) is 7.30. The van der Waals surface area contributed by atoms with Gasteiger partial charge in [-0.2, -0.15) is 5.10 Å². The van der Waals surface area contributed by atoms with Gasteiger partial charge in [-0.15, -0.1) is 0 Å². The van der Waals surface area contributed by atoms with Gasteiger partial charge in [0.05, 0.1) is 6.54 Å². The molecule has 1 atom stereocenters. The minimum atomic E-state index is 0.559. The second-order valence-corrected chi connectivity index (χ2v) is 4.65. The highest BCUT2D eigenvalue weighted by Gasteiger charge is 2.04. The molecule has 0 aliphatic rings. The maximum Gasteiger partial charge on any atom is 0.0659 e. The third-order valence-electron chi connectivity index (χ3n) is 3.15. The predicted molar refractivity (Wildman–Crippen MR) is 74.7 cm³/mol. The first-order valence-corrected chi connectivity index (χ1v) is 6.56. The molecule has 0 radical (unpaired) electrons. The van der Waals surface area contributed by atoms with Crippen molar-refractivity contribution < 1.29 is 0 Å². The van der Waals surface area contributed by atoms with E-state index in [1.54, 1.807) is 0 Å². The van der Waals surface area contributed by atoms with E-state index in [9.17, 15) is 0 Å². The average molecular weight is 243 g/mol. The van der Waals surface area contributed by atoms with E-state index in [0.717, 1.165) is 19.6 Å². The molecule has 0 fully saturated rings. The van der Waals surface area contributed by atoms with Crippen molar-refractivity contribution in [3.63, 3.8) is 0 Å². The minimum Gasteiger partial charge on any atom is -0.316 e. The van der Waals surface area contributed by atoms with E-state index < -0.39 is 0 Å². The second-order valence-electron chi connectivity index (χ2n) is 4.65. The molecule has 0 aliphatic carbocycles. The fourth-order valence-corrected chi connectivity index (χ4v) is 2.01. The molecule has 2 aromatic rings. The molecule has 0 saturated carbocycles. The lowest BCUT2D eigenvalue weighted by Gasteiger charge is -2.12. The van der Waals surface area contributed by atoms with Crippen molar-refractivity contribution in [2.24, 2.45) is 0 Å². The summed E-state index contributed by atoms with van der Waals surface area (Å²) >= 11 is 0. The van der Waals surface area contributed by atoms with Gasteiger partial charge in [-0.05, 0) is 29.7 Å². The molecule has 0 bridgehead atoms. The summed E-state index contributed by atoms with van der Waals surface area (Å²) in [5.41, 5.74) is 2.68. The van der Waals surface area contributed by atoms with E-state index in [0.29, 0.717) is 5.92 Å². The van der Waals surface area contributed by atoms with Gasteiger partial charge in [-0.3, -0.25) is 4.68 Å². The lowest BCUT2D eigenvalue weighted by molar-refractivity contribution is 0.634. The van der Waals surface area contributed by atoms with Crippen LogP contribution >= 0.6 is 0 Å². The molecule has 1 N–H and O–H groups in total. The number of likely N-dealkylation sites (N-methyl/N-ethyl adjacent to an activating group) is 1. The van der Waals surface area contributed by atoms with E-state index >= 15 is 0 Å². The number of hydrogen-bond acceptors (Lipinski definition) is 2. The molecule has 1 aromatic carbocycles. The number of aromatic nitrogens is 2. The molecule has 0 spiro atoms. The smallest absolute Gasteiger partial charge is 0.0659 e. The summed E-state index contributed by atoms with van der Waals surface area (Å²) in [7, 11) is 0. The molecule has 18 heavy (non-hydrogen) atoms. The normalized spacial score (nSPS) is 12.6. The summed E-state index contributed by atoms with van der Waals surface area (Å²) in [6.07, 6.45) is 3.80. The van der Waals surface area contributed by atoms with Gasteiger partial charge in [-0.1, -0.05) is 38.1 Å². The molecule has 3 heteroatoms. The van der Waals surface area contributed by atoms with Gasteiger partial charge in [0.1, 0.15) is 0 Å². The van der Waals surface area contributed by atoms with Crippen molar-refractivity contribution >= 4 is 0 Å². The minimum absolute atomic E-state index is 0.559. The molecule has 96 valence electrons. The van der Waals surface area contributed by atoms with Crippen LogP contribution in [0.4, 0.5) is 0 Å². The van der Waals surface area contributed by atoms with Gasteiger partial charge in [0, 0.05) is 18.9 Å². The lowest BCUT2D eigenvalue weighted by atomic mass is 10.00. The van der Waals surface area contributed by atoms with Gasteiger partial charge >= 0.3 is 0 Å². The zero-order chi connectivity index (χ0) is 12.8. The molecule has 3 nitrogen and oxygen atoms in total. The maximum absolute atomic E-state index is 4.22. The van der Waals surface area contributed by atoms with Crippen LogP contribution in [0.5, 0.6) is 0 Å². The topological polar surface area (TPSA) is 29.9 Å². The Hall–Kier alpha value is -1.61. The number of hydrogen-bond donors (Lipinski definition) is 1. The number of nitrogens with one attached hydrogen (secondary N) is 1. The molecule has 1 aromatic heterocycles. The lowest BCUT2D eigenvalue weighted by Crippen LogP contribution is -2.19. The molecule has 0 aliphatic heterocycles. The Kier molecular flexibility index (Phi) is 4.53. The van der Waals surface area contributed by atoms with E-state index in [2.05, 4.69) is 48.5 Å². The number of rotatable bonds is 6. The highest BCUT2D eigenvalue weighted by Crippen LogP contribution is 2.15. The average Bonchev–Trinajstić information content (AvgIpc) is 2.89. The van der Waals surface area contributed by atoms with Crippen LogP contribution < -0.4 is 5.32 Å². The summed E-state index contributed by atoms with van der Waals surface area (Å²) < 4.78 is 1.94. The first kappa shape index (κ1) is 12.8. The van der Waals surface area contributed by atoms with Crippen LogP contribution in [0.1, 0.15) is 30.9 Å². The Bertz CT molecular complexity index is 445. The Morgan fingerprint density at radius 1 is 1.28 bits per heavy atom. The molecule has 1 unspecified atom stereocenters. The van der Waals surface area contributed by atoms with Crippen molar-refractivity contribution in [3.05, 3.63) is 53.9 Å². The quantitative estimate of drug-likeness (QED) is 0.845. The van der Waals surface area contributed by atoms with Gasteiger partial charge in [-0.25, -0.2) is 0 Å². The summed E-state index contributed by atoms with van der Waals surface area (Å²) in [6, 6.07) is 10.8. The molecule has 2 rings (SSSR count). The molecule has 0 amide bonds. The monoisotopic (exact) mass is 243 g/mol. The highest BCUT2D eigenvalue weighted by atomic mass is 15.3. The SMILES string of the molecule is CCNCC(C)c1ccc(Cn2cccn2)cc1. The summed E-state index contributed by atoms with van der Waals surface area (Å²) in [4.78, 5) is 0. The van der Waals surface area contributed by atoms with Crippen molar-refractivity contribution in [1.29, 1.82) is 0 Å². The van der Waals surface area contributed by atoms with Gasteiger partial charge in [0.2, 0.25) is 0 Å². The van der Waals surface area contributed by atoms with Gasteiger partial charge in [0.15, 0.2) is 0 Å². The standard InChI is InChI=1S/C15H21N3/c1-3-16-11-13(2)15-7-5-14(6-8-15)12-18-10-4-9-17-18/h4-10,13,16H,3,11-12H2,1-2H3. The summed E-state index contributed by atoms with van der Waals surface area (Å²) in [5.74, 6) is 0.559. The fraction of sp³-hybridized carbons (Fsp3) is 0.400. The van der Waals surface area contributed by atoms with Crippen LogP contribution in [-0.4, -0.2) is 22.9 Å². The number of nitrogens with zero attached hydrogens (tertiary/aromatic N) is 2. The molecule has 0 saturated heterocycles. The van der Waals surface area contributed by atoms with Gasteiger partial charge < -0.3 is 5.32 Å². The zero-order valence-electron chi connectivity index (χ0n) is 11.1. The van der Waals surface area contributed by atoms with Crippen LogP contribution in [0.15, 0.2) is 42.7 Å². The zero-order valence-corrected chi connectivity index (χ0v) is 11.1. The van der Waals surface area contributed by atoms with Crippen molar-refractivity contribution in [3.8, 4) is 0 Å². The van der Waals surface area contributed by atoms with Crippen molar-refractivity contribution in [1.82, 2.24) is 15.1 Å². The van der Waals surface area contributed by atoms with E-state index in [1.165, 1.54) is 11.1 Å². The Balaban J connectivity index is 1.96. The van der Waals surface area contributed by atoms with Crippen LogP contribution in [0, 0.1) is 0 Å². The second kappa shape index (κ2) is 6.36. The van der Waals surface area contributed by atoms with Crippen LogP contribution in [-0.2, 0) is 6.54 Å². The predicted octanol–water partition coefficient (Wildman–Crippen LogP) is 2.64. The molecule has 1 heterocycles. The first-order chi connectivity index (χ1) is 8.79. The van der Waals surface area contributed by atoms with Gasteiger partial charge in [0.25, 0.3) is 0 Å². The van der Waals surface area contributed by atoms with Crippen LogP contribution in [0.25, 0.3) is 0 Å². The van der Waals surface area contributed by atoms with E-state index in [4.69, 9.17) is 0 Å². The number of benzene rings is 1. The fourth-order valence-electron chi connectivity index (χ4n) is 2.01. The Morgan fingerprint density at radius 2 is 2.06 bits per heavy atom. The maximum atomic E-state index is 4.22. The highest BCUT2D eigenvalue weighted by molar-refractivity contribution is 5.25. The largest absolute Gasteiger partial charge is 0.316 e. The third kappa shape index (κ3) is 3.44. The first-order valence-electron chi connectivity index (χ1n) is 6.56. The van der Waals surface area contributed by atoms with Crippen LogP contribution in [0.2, 0.25) is 0 Å². The van der Waals surface area contributed by atoms with E-state index in [1.807, 2.05) is 23.1 Å². The van der Waals surface area contributed by atoms with Crippen LogP contribution in [0.3, 0.4) is 0 Å². The van der Waals surface area contributed by atoms with E-state index in [-0.39, 0.29) is 0 Å². The summed E-state index contributed by atoms with van der Waals surface area (Å²) in [5, 5.41) is 7.60. The molecular formula is C15H21N3. The van der Waals surface area contributed by atoms with Crippen molar-refractivity contribution in [2.45, 2.75) is 26.3 Å².